The molecule has 1 aliphatic rings. The Kier molecular flexibility index (Phi) is 2.83. The van der Waals surface area contributed by atoms with Crippen LogP contribution in [-0.4, -0.2) is 28.2 Å². The number of nitrogens with one attached hydrogen (secondary N) is 1. The molecular weight excluding hydrogens is 228 g/mol. The summed E-state index contributed by atoms with van der Waals surface area (Å²) in [6.45, 7) is 4.18. The number of nitrogens with zero attached hydrogens (tertiary/aromatic N) is 3. The zero-order chi connectivity index (χ0) is 12.4. The van der Waals surface area contributed by atoms with E-state index in [1.54, 1.807) is 6.20 Å². The average Bonchev–Trinajstić information content (AvgIpc) is 2.91. The Bertz CT molecular complexity index is 517. The Morgan fingerprint density at radius 3 is 2.83 bits per heavy atom. The quantitative estimate of drug-likeness (QED) is 0.872. The zero-order valence-corrected chi connectivity index (χ0v) is 10.4. The second-order valence-electron chi connectivity index (χ2n) is 4.95. The van der Waals surface area contributed by atoms with Crippen LogP contribution < -0.4 is 5.32 Å². The van der Waals surface area contributed by atoms with E-state index in [1.807, 2.05) is 18.2 Å². The van der Waals surface area contributed by atoms with Crippen LogP contribution in [0.3, 0.4) is 0 Å². The predicted molar refractivity (Wildman–Crippen MR) is 67.0 cm³/mol. The van der Waals surface area contributed by atoms with Gasteiger partial charge in [-0.1, -0.05) is 18.1 Å². The minimum absolute atomic E-state index is 0.00865. The molecule has 0 atom stereocenters. The average molecular weight is 244 g/mol. The van der Waals surface area contributed by atoms with E-state index < -0.39 is 0 Å². The highest BCUT2D eigenvalue weighted by atomic mass is 16.5. The van der Waals surface area contributed by atoms with Crippen LogP contribution in [0.5, 0.6) is 0 Å². The first-order chi connectivity index (χ1) is 8.78. The van der Waals surface area contributed by atoms with Crippen molar-refractivity contribution in [2.24, 2.45) is 0 Å². The highest BCUT2D eigenvalue weighted by molar-refractivity contribution is 5.47. The number of hydrogen-bond acceptors (Lipinski definition) is 5. The second kappa shape index (κ2) is 4.49. The Morgan fingerprint density at radius 2 is 2.11 bits per heavy atom. The number of piperidine rings is 1. The molecule has 18 heavy (non-hydrogen) atoms. The minimum atomic E-state index is -0.00865. The lowest BCUT2D eigenvalue weighted by atomic mass is 9.81. The minimum Gasteiger partial charge on any atom is -0.338 e. The topological polar surface area (TPSA) is 63.8 Å². The fraction of sp³-hybridized carbons (Fsp3) is 0.462. The molecule has 0 spiro atoms. The van der Waals surface area contributed by atoms with E-state index in [9.17, 15) is 0 Å². The first kappa shape index (κ1) is 11.3. The maximum absolute atomic E-state index is 5.43. The summed E-state index contributed by atoms with van der Waals surface area (Å²) < 4.78 is 5.43. The zero-order valence-electron chi connectivity index (χ0n) is 10.4. The van der Waals surface area contributed by atoms with Crippen LogP contribution in [-0.2, 0) is 5.41 Å². The molecule has 1 aliphatic heterocycles. The number of aromatic nitrogens is 3. The van der Waals surface area contributed by atoms with E-state index in [1.165, 1.54) is 0 Å². The summed E-state index contributed by atoms with van der Waals surface area (Å²) in [5, 5.41) is 7.38. The summed E-state index contributed by atoms with van der Waals surface area (Å²) >= 11 is 0. The normalized spacial score (nSPS) is 18.7. The molecular formula is C13H16N4O. The van der Waals surface area contributed by atoms with Gasteiger partial charge in [0.1, 0.15) is 5.69 Å². The van der Waals surface area contributed by atoms with Crippen molar-refractivity contribution in [3.05, 3.63) is 30.3 Å². The molecule has 2 aromatic heterocycles. The maximum atomic E-state index is 5.43. The van der Waals surface area contributed by atoms with E-state index in [0.717, 1.165) is 37.5 Å². The Morgan fingerprint density at radius 1 is 1.28 bits per heavy atom. The highest BCUT2D eigenvalue weighted by Gasteiger charge is 2.34. The van der Waals surface area contributed by atoms with E-state index in [2.05, 4.69) is 27.4 Å². The van der Waals surface area contributed by atoms with E-state index in [0.29, 0.717) is 5.82 Å². The van der Waals surface area contributed by atoms with Crippen molar-refractivity contribution in [2.75, 3.05) is 13.1 Å². The standard InChI is InChI=1S/C13H16N4O/c1-13(5-8-14-9-6-13)12-16-11(17-18-12)10-4-2-3-7-15-10/h2-4,7,14H,5-6,8-9H2,1H3. The van der Waals surface area contributed by atoms with Gasteiger partial charge in [0.2, 0.25) is 11.7 Å². The third-order valence-electron chi connectivity index (χ3n) is 3.54. The van der Waals surface area contributed by atoms with Crippen LogP contribution in [0.15, 0.2) is 28.9 Å². The molecule has 0 aliphatic carbocycles. The van der Waals surface area contributed by atoms with Gasteiger partial charge in [0.05, 0.1) is 0 Å². The molecule has 3 rings (SSSR count). The van der Waals surface area contributed by atoms with Gasteiger partial charge in [0.15, 0.2) is 0 Å². The number of rotatable bonds is 2. The van der Waals surface area contributed by atoms with Crippen LogP contribution in [0.1, 0.15) is 25.7 Å². The smallest absolute Gasteiger partial charge is 0.233 e. The molecule has 5 heteroatoms. The van der Waals surface area contributed by atoms with Gasteiger partial charge in [0.25, 0.3) is 0 Å². The van der Waals surface area contributed by atoms with Crippen molar-refractivity contribution < 1.29 is 4.52 Å². The van der Waals surface area contributed by atoms with Gasteiger partial charge >= 0.3 is 0 Å². The molecule has 0 bridgehead atoms. The van der Waals surface area contributed by atoms with Gasteiger partial charge in [-0.05, 0) is 38.1 Å². The lowest BCUT2D eigenvalue weighted by molar-refractivity contribution is 0.241. The van der Waals surface area contributed by atoms with Gasteiger partial charge in [-0.2, -0.15) is 4.98 Å². The lowest BCUT2D eigenvalue weighted by Crippen LogP contribution is -2.37. The molecule has 0 saturated carbocycles. The Hall–Kier alpha value is -1.75. The molecule has 0 amide bonds. The van der Waals surface area contributed by atoms with Crippen LogP contribution in [0, 0.1) is 0 Å². The second-order valence-corrected chi connectivity index (χ2v) is 4.95. The van der Waals surface area contributed by atoms with Gasteiger partial charge in [0, 0.05) is 11.6 Å². The van der Waals surface area contributed by atoms with Crippen LogP contribution in [0.25, 0.3) is 11.5 Å². The first-order valence-electron chi connectivity index (χ1n) is 6.24. The molecule has 1 saturated heterocycles. The van der Waals surface area contributed by atoms with E-state index in [-0.39, 0.29) is 5.41 Å². The lowest BCUT2D eigenvalue weighted by Gasteiger charge is -2.30. The Balaban J connectivity index is 1.89. The first-order valence-corrected chi connectivity index (χ1v) is 6.24. The monoisotopic (exact) mass is 244 g/mol. The van der Waals surface area contributed by atoms with E-state index >= 15 is 0 Å². The molecule has 0 aromatic carbocycles. The summed E-state index contributed by atoms with van der Waals surface area (Å²) in [4.78, 5) is 8.74. The molecule has 0 radical (unpaired) electrons. The summed E-state index contributed by atoms with van der Waals surface area (Å²) in [6, 6.07) is 5.68. The summed E-state index contributed by atoms with van der Waals surface area (Å²) in [6.07, 6.45) is 3.78. The molecule has 94 valence electrons. The molecule has 1 fully saturated rings. The van der Waals surface area contributed by atoms with Crippen LogP contribution in [0.2, 0.25) is 0 Å². The summed E-state index contributed by atoms with van der Waals surface area (Å²) in [5.41, 5.74) is 0.746. The van der Waals surface area contributed by atoms with Crippen molar-refractivity contribution in [1.82, 2.24) is 20.4 Å². The fourth-order valence-corrected chi connectivity index (χ4v) is 2.26. The van der Waals surface area contributed by atoms with Gasteiger partial charge < -0.3 is 9.84 Å². The van der Waals surface area contributed by atoms with Gasteiger partial charge in [-0.25, -0.2) is 0 Å². The predicted octanol–water partition coefficient (Wildman–Crippen LogP) is 1.77. The molecule has 0 unspecified atom stereocenters. The number of hydrogen-bond donors (Lipinski definition) is 1. The van der Waals surface area contributed by atoms with E-state index in [4.69, 9.17) is 4.52 Å². The third-order valence-corrected chi connectivity index (χ3v) is 3.54. The molecule has 3 heterocycles. The Labute approximate surface area is 106 Å². The fourth-order valence-electron chi connectivity index (χ4n) is 2.26. The van der Waals surface area contributed by atoms with Gasteiger partial charge in [-0.15, -0.1) is 0 Å². The van der Waals surface area contributed by atoms with Crippen molar-refractivity contribution in [3.63, 3.8) is 0 Å². The summed E-state index contributed by atoms with van der Waals surface area (Å²) in [5.74, 6) is 1.30. The molecule has 5 nitrogen and oxygen atoms in total. The number of pyridine rings is 1. The largest absolute Gasteiger partial charge is 0.338 e. The van der Waals surface area contributed by atoms with Crippen molar-refractivity contribution in [2.45, 2.75) is 25.2 Å². The van der Waals surface area contributed by atoms with Crippen LogP contribution in [0.4, 0.5) is 0 Å². The maximum Gasteiger partial charge on any atom is 0.233 e. The van der Waals surface area contributed by atoms with Crippen molar-refractivity contribution >= 4 is 0 Å². The van der Waals surface area contributed by atoms with Crippen molar-refractivity contribution in [3.8, 4) is 11.5 Å². The third kappa shape index (κ3) is 2.01. The van der Waals surface area contributed by atoms with Crippen molar-refractivity contribution in [1.29, 1.82) is 0 Å². The summed E-state index contributed by atoms with van der Waals surface area (Å²) in [7, 11) is 0. The SMILES string of the molecule is CC1(c2nc(-c3ccccn3)no2)CCNCC1. The van der Waals surface area contributed by atoms with Gasteiger partial charge in [-0.3, -0.25) is 4.98 Å². The molecule has 2 aromatic rings. The highest BCUT2D eigenvalue weighted by Crippen LogP contribution is 2.32. The molecule has 1 N–H and O–H groups in total. The van der Waals surface area contributed by atoms with Crippen LogP contribution >= 0.6 is 0 Å².